The van der Waals surface area contributed by atoms with Gasteiger partial charge in [0.1, 0.15) is 17.5 Å². The fraction of sp³-hybridized carbons (Fsp3) is 0.542. The van der Waals surface area contributed by atoms with Gasteiger partial charge in [0.15, 0.2) is 0 Å². The number of carbonyl (C=O) groups is 1. The maximum atomic E-state index is 11.1. The Labute approximate surface area is 192 Å². The average Bonchev–Trinajstić information content (AvgIpc) is 2.91. The molecule has 0 saturated carbocycles. The Kier molecular flexibility index (Phi) is 5.75. The molecule has 7 heteroatoms. The molecule has 0 radical (unpaired) electrons. The van der Waals surface area contributed by atoms with Gasteiger partial charge in [-0.25, -0.2) is 9.97 Å². The van der Waals surface area contributed by atoms with Crippen molar-refractivity contribution < 1.29 is 9.90 Å². The number of carboxylic acid groups (broad SMARTS) is 1. The molecule has 0 spiro atoms. The molecule has 2 aliphatic heterocycles. The molecule has 166 valence electrons. The molecule has 1 N–H and O–H groups in total. The SMILES string of the molecule is Cc1nc(N2CCC(CC(=O)O)CC2)c2c(n1)N(c1c(C)cc(Br)cc1C)CC2(C)C. The van der Waals surface area contributed by atoms with Crippen LogP contribution >= 0.6 is 15.9 Å². The lowest BCUT2D eigenvalue weighted by atomic mass is 9.86. The molecule has 0 atom stereocenters. The minimum Gasteiger partial charge on any atom is -0.481 e. The summed E-state index contributed by atoms with van der Waals surface area (Å²) in [5.74, 6) is 2.36. The number of carboxylic acids is 1. The molecule has 1 fully saturated rings. The number of benzene rings is 1. The Morgan fingerprint density at radius 1 is 1.13 bits per heavy atom. The Bertz CT molecular complexity index is 1010. The quantitative estimate of drug-likeness (QED) is 0.633. The van der Waals surface area contributed by atoms with Crippen molar-refractivity contribution in [3.8, 4) is 0 Å². The molecule has 0 amide bonds. The number of hydrogen-bond donors (Lipinski definition) is 1. The van der Waals surface area contributed by atoms with Gasteiger partial charge in [0.05, 0.1) is 0 Å². The van der Waals surface area contributed by atoms with Crippen molar-refractivity contribution >= 4 is 39.2 Å². The van der Waals surface area contributed by atoms with Gasteiger partial charge < -0.3 is 14.9 Å². The van der Waals surface area contributed by atoms with Crippen molar-refractivity contribution in [3.05, 3.63) is 39.1 Å². The Morgan fingerprint density at radius 2 is 1.71 bits per heavy atom. The van der Waals surface area contributed by atoms with Crippen LogP contribution in [0.1, 0.15) is 55.6 Å². The van der Waals surface area contributed by atoms with Crippen molar-refractivity contribution in [1.29, 1.82) is 0 Å². The van der Waals surface area contributed by atoms with Crippen molar-refractivity contribution in [2.45, 2.75) is 59.3 Å². The van der Waals surface area contributed by atoms with E-state index in [9.17, 15) is 4.79 Å². The van der Waals surface area contributed by atoms with E-state index in [1.54, 1.807) is 0 Å². The summed E-state index contributed by atoms with van der Waals surface area (Å²) < 4.78 is 1.09. The molecule has 1 saturated heterocycles. The maximum absolute atomic E-state index is 11.1. The predicted octanol–water partition coefficient (Wildman–Crippen LogP) is 5.28. The lowest BCUT2D eigenvalue weighted by Crippen LogP contribution is -2.37. The summed E-state index contributed by atoms with van der Waals surface area (Å²) in [5.41, 5.74) is 4.78. The molecule has 0 bridgehead atoms. The molecule has 3 heterocycles. The third-order valence-electron chi connectivity index (χ3n) is 6.57. The predicted molar refractivity (Wildman–Crippen MR) is 128 cm³/mol. The van der Waals surface area contributed by atoms with Crippen molar-refractivity contribution in [3.63, 3.8) is 0 Å². The second-order valence-electron chi connectivity index (χ2n) is 9.68. The van der Waals surface area contributed by atoms with Crippen LogP contribution in [0.4, 0.5) is 17.3 Å². The van der Waals surface area contributed by atoms with Crippen molar-refractivity contribution in [2.24, 2.45) is 5.92 Å². The first-order chi connectivity index (χ1) is 14.6. The zero-order valence-corrected chi connectivity index (χ0v) is 20.6. The van der Waals surface area contributed by atoms with E-state index >= 15 is 0 Å². The van der Waals surface area contributed by atoms with E-state index in [1.165, 1.54) is 22.4 Å². The topological polar surface area (TPSA) is 69.6 Å². The summed E-state index contributed by atoms with van der Waals surface area (Å²) in [6, 6.07) is 4.32. The van der Waals surface area contributed by atoms with E-state index in [0.717, 1.165) is 54.4 Å². The van der Waals surface area contributed by atoms with E-state index in [2.05, 4.69) is 65.6 Å². The Balaban J connectivity index is 1.74. The number of nitrogens with zero attached hydrogens (tertiary/aromatic N) is 4. The van der Waals surface area contributed by atoms with Gasteiger partial charge >= 0.3 is 5.97 Å². The summed E-state index contributed by atoms with van der Waals surface area (Å²) in [7, 11) is 0. The summed E-state index contributed by atoms with van der Waals surface area (Å²) in [5, 5.41) is 9.14. The van der Waals surface area contributed by atoms with Gasteiger partial charge in [-0.3, -0.25) is 4.79 Å². The number of hydrogen-bond acceptors (Lipinski definition) is 5. The van der Waals surface area contributed by atoms with Crippen LogP contribution in [0.15, 0.2) is 16.6 Å². The molecule has 31 heavy (non-hydrogen) atoms. The number of aryl methyl sites for hydroxylation is 3. The number of halogens is 1. The van der Waals surface area contributed by atoms with Gasteiger partial charge in [-0.15, -0.1) is 0 Å². The molecule has 2 aliphatic rings. The molecular weight excluding hydrogens is 456 g/mol. The van der Waals surface area contributed by atoms with Crippen LogP contribution in [0.5, 0.6) is 0 Å². The molecule has 6 nitrogen and oxygen atoms in total. The Hall–Kier alpha value is -2.15. The largest absolute Gasteiger partial charge is 0.481 e. The van der Waals surface area contributed by atoms with Gasteiger partial charge in [-0.1, -0.05) is 29.8 Å². The van der Waals surface area contributed by atoms with Gasteiger partial charge in [-0.05, 0) is 62.8 Å². The monoisotopic (exact) mass is 486 g/mol. The van der Waals surface area contributed by atoms with Crippen molar-refractivity contribution in [1.82, 2.24) is 9.97 Å². The highest BCUT2D eigenvalue weighted by Crippen LogP contribution is 2.49. The van der Waals surface area contributed by atoms with E-state index in [-0.39, 0.29) is 17.8 Å². The normalized spacial score (nSPS) is 18.4. The van der Waals surface area contributed by atoms with Crippen LogP contribution in [0.2, 0.25) is 0 Å². The number of aromatic nitrogens is 2. The first-order valence-electron chi connectivity index (χ1n) is 11.0. The summed E-state index contributed by atoms with van der Waals surface area (Å²) in [6.07, 6.45) is 2.04. The highest BCUT2D eigenvalue weighted by atomic mass is 79.9. The van der Waals surface area contributed by atoms with E-state index in [0.29, 0.717) is 0 Å². The van der Waals surface area contributed by atoms with Crippen LogP contribution in [0, 0.1) is 26.7 Å². The fourth-order valence-corrected chi connectivity index (χ4v) is 5.92. The number of rotatable bonds is 4. The van der Waals surface area contributed by atoms with Crippen LogP contribution < -0.4 is 9.80 Å². The minimum absolute atomic E-state index is 0.0950. The number of aliphatic carboxylic acids is 1. The number of anilines is 3. The van der Waals surface area contributed by atoms with Crippen LogP contribution in [0.3, 0.4) is 0 Å². The summed E-state index contributed by atoms with van der Waals surface area (Å²) in [6.45, 7) is 13.3. The van der Waals surface area contributed by atoms with Crippen LogP contribution in [-0.4, -0.2) is 40.7 Å². The zero-order chi connectivity index (χ0) is 22.5. The second-order valence-corrected chi connectivity index (χ2v) is 10.6. The van der Waals surface area contributed by atoms with Crippen LogP contribution in [-0.2, 0) is 10.2 Å². The van der Waals surface area contributed by atoms with Crippen molar-refractivity contribution in [2.75, 3.05) is 29.4 Å². The first-order valence-corrected chi connectivity index (χ1v) is 11.8. The lowest BCUT2D eigenvalue weighted by molar-refractivity contribution is -0.138. The fourth-order valence-electron chi connectivity index (χ4n) is 5.23. The van der Waals surface area contributed by atoms with E-state index in [4.69, 9.17) is 15.1 Å². The maximum Gasteiger partial charge on any atom is 0.303 e. The smallest absolute Gasteiger partial charge is 0.303 e. The van der Waals surface area contributed by atoms with Gasteiger partial charge in [0, 0.05) is 47.2 Å². The molecule has 2 aromatic rings. The first kappa shape index (κ1) is 22.1. The molecule has 0 unspecified atom stereocenters. The molecule has 1 aromatic carbocycles. The number of piperidine rings is 1. The molecule has 4 rings (SSSR count). The van der Waals surface area contributed by atoms with Gasteiger partial charge in [0.25, 0.3) is 0 Å². The average molecular weight is 487 g/mol. The van der Waals surface area contributed by atoms with Gasteiger partial charge in [0.2, 0.25) is 0 Å². The molecule has 1 aromatic heterocycles. The molecular formula is C24H31BrN4O2. The van der Waals surface area contributed by atoms with Crippen LogP contribution in [0.25, 0.3) is 0 Å². The highest BCUT2D eigenvalue weighted by Gasteiger charge is 2.42. The summed E-state index contributed by atoms with van der Waals surface area (Å²) >= 11 is 3.62. The zero-order valence-electron chi connectivity index (χ0n) is 19.0. The van der Waals surface area contributed by atoms with E-state index in [1.807, 2.05) is 6.92 Å². The Morgan fingerprint density at radius 3 is 2.29 bits per heavy atom. The third-order valence-corrected chi connectivity index (χ3v) is 7.03. The minimum atomic E-state index is -0.700. The number of fused-ring (bicyclic) bond motifs is 1. The summed E-state index contributed by atoms with van der Waals surface area (Å²) in [4.78, 5) is 25.6. The third kappa shape index (κ3) is 4.16. The van der Waals surface area contributed by atoms with E-state index < -0.39 is 5.97 Å². The second kappa shape index (κ2) is 8.08. The lowest BCUT2D eigenvalue weighted by Gasteiger charge is -2.34. The highest BCUT2D eigenvalue weighted by molar-refractivity contribution is 9.10. The molecule has 0 aliphatic carbocycles. The standard InChI is InChI=1S/C24H31BrN4O2/c1-14-10-18(25)11-15(2)21(14)29-13-24(4,5)20-22(26-16(3)27-23(20)29)28-8-6-17(7-9-28)12-19(30)31/h10-11,17H,6-9,12-13H2,1-5H3,(H,30,31). The van der Waals surface area contributed by atoms with Gasteiger partial charge in [-0.2, -0.15) is 0 Å².